The van der Waals surface area contributed by atoms with E-state index in [1.54, 1.807) is 23.4 Å². The molecule has 1 fully saturated rings. The molecule has 1 saturated heterocycles. The Balaban J connectivity index is 1.51. The maximum atomic E-state index is 11.9. The third kappa shape index (κ3) is 5.26. The van der Waals surface area contributed by atoms with Crippen molar-refractivity contribution in [2.75, 3.05) is 23.7 Å². The summed E-state index contributed by atoms with van der Waals surface area (Å²) in [5.41, 5.74) is 6.89. The minimum atomic E-state index is -0.751. The van der Waals surface area contributed by atoms with Crippen LogP contribution in [0, 0.1) is 0 Å². The van der Waals surface area contributed by atoms with Crippen molar-refractivity contribution >= 4 is 29.3 Å². The van der Waals surface area contributed by atoms with Crippen LogP contribution in [-0.4, -0.2) is 61.0 Å². The monoisotopic (exact) mass is 445 g/mol. The Hall–Kier alpha value is -4.41. The molecular weight excluding hydrogens is 422 g/mol. The van der Waals surface area contributed by atoms with Gasteiger partial charge in [-0.3, -0.25) is 9.59 Å². The van der Waals surface area contributed by atoms with Crippen molar-refractivity contribution in [2.24, 2.45) is 5.73 Å². The molecule has 1 aliphatic rings. The van der Waals surface area contributed by atoms with Crippen LogP contribution in [0.5, 0.6) is 0 Å². The molecule has 0 saturated carbocycles. The number of hydrogen-bond acceptors (Lipinski definition) is 9. The second kappa shape index (κ2) is 9.81. The van der Waals surface area contributed by atoms with Gasteiger partial charge in [0.05, 0.1) is 0 Å². The van der Waals surface area contributed by atoms with E-state index in [0.29, 0.717) is 24.6 Å². The van der Waals surface area contributed by atoms with E-state index in [2.05, 4.69) is 42.4 Å². The molecule has 1 aliphatic heterocycles. The van der Waals surface area contributed by atoms with Gasteiger partial charge in [-0.05, 0) is 49.2 Å². The van der Waals surface area contributed by atoms with E-state index < -0.39 is 5.91 Å². The molecule has 1 unspecified atom stereocenters. The fourth-order valence-corrected chi connectivity index (χ4v) is 3.53. The maximum Gasteiger partial charge on any atom is 0.273 e. The topological polar surface area (TPSA) is 152 Å². The Morgan fingerprint density at radius 3 is 2.61 bits per heavy atom. The highest BCUT2D eigenvalue weighted by atomic mass is 16.2. The maximum absolute atomic E-state index is 11.9. The number of nitrogens with two attached hydrogens (primary N) is 1. The summed E-state index contributed by atoms with van der Waals surface area (Å²) in [5.74, 6) is 0.150. The van der Waals surface area contributed by atoms with Gasteiger partial charge in [-0.1, -0.05) is 6.58 Å². The lowest BCUT2D eigenvalue weighted by atomic mass is 10.1. The molecule has 0 radical (unpaired) electrons. The largest absolute Gasteiger partial charge is 0.364 e. The number of aromatic nitrogens is 5. The first-order valence-electron chi connectivity index (χ1n) is 10.4. The number of anilines is 3. The van der Waals surface area contributed by atoms with Crippen molar-refractivity contribution in [3.05, 3.63) is 61.1 Å². The average Bonchev–Trinajstić information content (AvgIpc) is 2.85. The zero-order valence-corrected chi connectivity index (χ0v) is 17.8. The molecule has 4 rings (SSSR count). The predicted octanol–water partition coefficient (Wildman–Crippen LogP) is 1.76. The smallest absolute Gasteiger partial charge is 0.273 e. The van der Waals surface area contributed by atoms with Crippen molar-refractivity contribution in [2.45, 2.75) is 18.9 Å². The fourth-order valence-electron chi connectivity index (χ4n) is 3.53. The van der Waals surface area contributed by atoms with Crippen LogP contribution in [0.2, 0.25) is 0 Å². The minimum Gasteiger partial charge on any atom is -0.364 e. The summed E-state index contributed by atoms with van der Waals surface area (Å²) in [7, 11) is 0. The number of carbonyl (C=O) groups is 2. The number of piperidine rings is 1. The van der Waals surface area contributed by atoms with Crippen LogP contribution < -0.4 is 16.4 Å². The van der Waals surface area contributed by atoms with Gasteiger partial charge < -0.3 is 21.3 Å². The van der Waals surface area contributed by atoms with E-state index >= 15 is 0 Å². The number of amides is 2. The third-order valence-corrected chi connectivity index (χ3v) is 5.13. The van der Waals surface area contributed by atoms with E-state index in [4.69, 9.17) is 5.73 Å². The molecule has 1 aromatic carbocycles. The summed E-state index contributed by atoms with van der Waals surface area (Å²) < 4.78 is 0. The number of hydrogen-bond donors (Lipinski definition) is 3. The van der Waals surface area contributed by atoms with E-state index in [0.717, 1.165) is 18.4 Å². The molecule has 1 atom stereocenters. The number of benzene rings is 1. The third-order valence-electron chi connectivity index (χ3n) is 5.13. The predicted molar refractivity (Wildman–Crippen MR) is 123 cm³/mol. The van der Waals surface area contributed by atoms with E-state index in [-0.39, 0.29) is 29.4 Å². The van der Waals surface area contributed by atoms with Crippen molar-refractivity contribution in [1.82, 2.24) is 30.0 Å². The molecule has 0 spiro atoms. The molecule has 3 aromatic rings. The fraction of sp³-hybridized carbons (Fsp3) is 0.227. The molecule has 11 nitrogen and oxygen atoms in total. The number of rotatable bonds is 7. The summed E-state index contributed by atoms with van der Waals surface area (Å²) in [6, 6.07) is 9.02. The molecule has 33 heavy (non-hydrogen) atoms. The second-order valence-electron chi connectivity index (χ2n) is 7.44. The number of likely N-dealkylation sites (tertiary alicyclic amines) is 1. The first-order valence-corrected chi connectivity index (χ1v) is 10.4. The van der Waals surface area contributed by atoms with Gasteiger partial charge in [0.15, 0.2) is 17.3 Å². The summed E-state index contributed by atoms with van der Waals surface area (Å²) in [4.78, 5) is 38.4. The van der Waals surface area contributed by atoms with Crippen molar-refractivity contribution in [1.29, 1.82) is 0 Å². The molecular formula is C22H23N9O2. The molecule has 3 heterocycles. The van der Waals surface area contributed by atoms with Crippen molar-refractivity contribution in [3.8, 4) is 11.4 Å². The molecule has 4 N–H and O–H groups in total. The first kappa shape index (κ1) is 21.8. The Labute approximate surface area is 190 Å². The van der Waals surface area contributed by atoms with Gasteiger partial charge in [-0.2, -0.15) is 4.98 Å². The van der Waals surface area contributed by atoms with Crippen LogP contribution >= 0.6 is 0 Å². The molecule has 2 amide bonds. The van der Waals surface area contributed by atoms with Gasteiger partial charge in [0.2, 0.25) is 11.9 Å². The van der Waals surface area contributed by atoms with Crippen LogP contribution in [0.1, 0.15) is 23.3 Å². The van der Waals surface area contributed by atoms with Gasteiger partial charge in [-0.25, -0.2) is 9.97 Å². The number of nitrogens with zero attached hydrogens (tertiary/aromatic N) is 6. The minimum absolute atomic E-state index is 0.0538. The lowest BCUT2D eigenvalue weighted by Gasteiger charge is -2.32. The lowest BCUT2D eigenvalue weighted by Crippen LogP contribution is -2.44. The SMILES string of the molecule is C=CC(=O)N1CCCC(Nc2nnc(C(N)=O)c(Nc3ccc(-c4ncccn4)cc3)n2)C1. The number of carbonyl (C=O) groups excluding carboxylic acids is 2. The average molecular weight is 445 g/mol. The summed E-state index contributed by atoms with van der Waals surface area (Å²) >= 11 is 0. The van der Waals surface area contributed by atoms with Gasteiger partial charge in [-0.15, -0.1) is 10.2 Å². The zero-order chi connectivity index (χ0) is 23.2. The van der Waals surface area contributed by atoms with Crippen molar-refractivity contribution in [3.63, 3.8) is 0 Å². The normalized spacial score (nSPS) is 15.5. The Morgan fingerprint density at radius 2 is 1.91 bits per heavy atom. The summed E-state index contributed by atoms with van der Waals surface area (Å²) in [6.07, 6.45) is 6.33. The molecule has 0 aliphatic carbocycles. The van der Waals surface area contributed by atoms with E-state index in [1.807, 2.05) is 24.3 Å². The van der Waals surface area contributed by atoms with E-state index in [9.17, 15) is 9.59 Å². The second-order valence-corrected chi connectivity index (χ2v) is 7.44. The molecule has 0 bridgehead atoms. The Kier molecular flexibility index (Phi) is 6.48. The standard InChI is InChI=1S/C22H23N9O2/c1-2-17(32)31-12-3-5-16(13-31)27-22-28-21(18(19(23)33)29-30-22)26-15-8-6-14(7-9-15)20-24-10-4-11-25-20/h2,4,6-11,16H,1,3,5,12-13H2,(H2,23,33)(H2,26,27,28,30). The Morgan fingerprint density at radius 1 is 1.15 bits per heavy atom. The van der Waals surface area contributed by atoms with Gasteiger partial charge in [0.1, 0.15) is 0 Å². The van der Waals surface area contributed by atoms with Crippen LogP contribution in [-0.2, 0) is 4.79 Å². The lowest BCUT2D eigenvalue weighted by molar-refractivity contribution is -0.127. The highest BCUT2D eigenvalue weighted by Gasteiger charge is 2.23. The van der Waals surface area contributed by atoms with Gasteiger partial charge in [0.25, 0.3) is 5.91 Å². The summed E-state index contributed by atoms with van der Waals surface area (Å²) in [6.45, 7) is 4.72. The van der Waals surface area contributed by atoms with Crippen LogP contribution in [0.3, 0.4) is 0 Å². The van der Waals surface area contributed by atoms with E-state index in [1.165, 1.54) is 6.08 Å². The van der Waals surface area contributed by atoms with Gasteiger partial charge in [0, 0.05) is 42.8 Å². The number of primary amides is 1. The van der Waals surface area contributed by atoms with Crippen molar-refractivity contribution < 1.29 is 9.59 Å². The Bertz CT molecular complexity index is 1150. The quantitative estimate of drug-likeness (QED) is 0.462. The molecule has 168 valence electrons. The molecule has 11 heteroatoms. The van der Waals surface area contributed by atoms with Gasteiger partial charge >= 0.3 is 0 Å². The highest BCUT2D eigenvalue weighted by Crippen LogP contribution is 2.22. The summed E-state index contributed by atoms with van der Waals surface area (Å²) in [5, 5.41) is 14.2. The van der Waals surface area contributed by atoms with Crippen LogP contribution in [0.15, 0.2) is 55.4 Å². The van der Waals surface area contributed by atoms with Crippen LogP contribution in [0.25, 0.3) is 11.4 Å². The highest BCUT2D eigenvalue weighted by molar-refractivity contribution is 5.96. The zero-order valence-electron chi connectivity index (χ0n) is 17.8. The first-order chi connectivity index (χ1) is 16.0. The van der Waals surface area contributed by atoms with Crippen LogP contribution in [0.4, 0.5) is 17.5 Å². The number of nitrogens with one attached hydrogen (secondary N) is 2. The molecule has 2 aromatic heterocycles.